The van der Waals surface area contributed by atoms with E-state index in [-0.39, 0.29) is 19.0 Å². The Kier molecular flexibility index (Phi) is 4.89. The summed E-state index contributed by atoms with van der Waals surface area (Å²) in [5.74, 6) is -0.508. The lowest BCUT2D eigenvalue weighted by Crippen LogP contribution is -2.17. The summed E-state index contributed by atoms with van der Waals surface area (Å²) in [6.07, 6.45) is 0.735. The maximum Gasteiger partial charge on any atom is 0.378 e. The van der Waals surface area contributed by atoms with Gasteiger partial charge in [-0.05, 0) is 30.7 Å². The van der Waals surface area contributed by atoms with Crippen LogP contribution in [-0.4, -0.2) is 42.6 Å². The second kappa shape index (κ2) is 6.66. The molecule has 0 radical (unpaired) electrons. The first kappa shape index (κ1) is 15.4. The van der Waals surface area contributed by atoms with Gasteiger partial charge >= 0.3 is 5.97 Å². The van der Waals surface area contributed by atoms with Crippen LogP contribution in [0.2, 0.25) is 5.02 Å². The summed E-state index contributed by atoms with van der Waals surface area (Å²) in [6, 6.07) is 0. The predicted octanol–water partition coefficient (Wildman–Crippen LogP) is 1.33. The minimum Gasteiger partial charge on any atom is -0.460 e. The van der Waals surface area contributed by atoms with E-state index in [1.807, 2.05) is 13.8 Å². The van der Waals surface area contributed by atoms with E-state index in [0.29, 0.717) is 11.6 Å². The standard InChI is InChI=1S/C12H17ClN6O2/c1-4-8-10(13)9(18(5-2)15-8)7-19-11(14-16-17-19)12(20)21-6-3/h4-7H2,1-3H3. The Morgan fingerprint density at radius 2 is 2.05 bits per heavy atom. The third-order valence-corrected chi connectivity index (χ3v) is 3.42. The Balaban J connectivity index is 2.33. The summed E-state index contributed by atoms with van der Waals surface area (Å²) in [4.78, 5) is 11.8. The van der Waals surface area contributed by atoms with Crippen molar-refractivity contribution in [2.75, 3.05) is 6.61 Å². The number of rotatable bonds is 6. The predicted molar refractivity (Wildman–Crippen MR) is 75.2 cm³/mol. The summed E-state index contributed by atoms with van der Waals surface area (Å²) in [5.41, 5.74) is 1.59. The Hall–Kier alpha value is -1.96. The smallest absolute Gasteiger partial charge is 0.378 e. The van der Waals surface area contributed by atoms with Gasteiger partial charge in [0, 0.05) is 6.54 Å². The molecule has 0 fully saturated rings. The van der Waals surface area contributed by atoms with Crippen molar-refractivity contribution in [3.63, 3.8) is 0 Å². The number of carbonyl (C=O) groups excluding carboxylic acids is 1. The topological polar surface area (TPSA) is 87.7 Å². The van der Waals surface area contributed by atoms with E-state index in [9.17, 15) is 4.79 Å². The highest BCUT2D eigenvalue weighted by Crippen LogP contribution is 2.22. The number of aryl methyl sites for hydroxylation is 2. The molecule has 0 unspecified atom stereocenters. The summed E-state index contributed by atoms with van der Waals surface area (Å²) >= 11 is 6.34. The number of hydrogen-bond acceptors (Lipinski definition) is 6. The van der Waals surface area contributed by atoms with Crippen LogP contribution in [0, 0.1) is 0 Å². The minimum atomic E-state index is -0.558. The van der Waals surface area contributed by atoms with Crippen LogP contribution in [0.1, 0.15) is 42.8 Å². The number of ether oxygens (including phenoxy) is 1. The molecular weight excluding hydrogens is 296 g/mol. The monoisotopic (exact) mass is 312 g/mol. The molecule has 2 heterocycles. The summed E-state index contributed by atoms with van der Waals surface area (Å²) < 4.78 is 8.08. The van der Waals surface area contributed by atoms with Gasteiger partial charge in [-0.15, -0.1) is 5.10 Å². The fourth-order valence-electron chi connectivity index (χ4n) is 1.96. The van der Waals surface area contributed by atoms with E-state index in [1.54, 1.807) is 11.6 Å². The first-order valence-corrected chi connectivity index (χ1v) is 7.17. The number of carbonyl (C=O) groups is 1. The van der Waals surface area contributed by atoms with Crippen LogP contribution >= 0.6 is 11.6 Å². The number of esters is 1. The number of aromatic nitrogens is 6. The molecule has 0 aliphatic carbocycles. The zero-order valence-electron chi connectivity index (χ0n) is 12.2. The highest BCUT2D eigenvalue weighted by Gasteiger charge is 2.21. The van der Waals surface area contributed by atoms with Gasteiger partial charge in [-0.1, -0.05) is 18.5 Å². The summed E-state index contributed by atoms with van der Waals surface area (Å²) in [5, 5.41) is 16.1. The van der Waals surface area contributed by atoms with Gasteiger partial charge in [-0.25, -0.2) is 9.48 Å². The average Bonchev–Trinajstić information content (AvgIpc) is 3.05. The Bertz CT molecular complexity index is 636. The van der Waals surface area contributed by atoms with E-state index >= 15 is 0 Å². The van der Waals surface area contributed by atoms with Gasteiger partial charge in [-0.2, -0.15) is 5.10 Å². The van der Waals surface area contributed by atoms with Crippen molar-refractivity contribution in [2.45, 2.75) is 40.3 Å². The molecule has 8 nitrogen and oxygen atoms in total. The average molecular weight is 313 g/mol. The number of tetrazole rings is 1. The van der Waals surface area contributed by atoms with Crippen molar-refractivity contribution < 1.29 is 9.53 Å². The molecule has 0 saturated carbocycles. The molecule has 0 saturated heterocycles. The SMILES string of the molecule is CCOC(=O)c1nnnn1Cc1c(Cl)c(CC)nn1CC. The number of halogens is 1. The van der Waals surface area contributed by atoms with Gasteiger partial charge < -0.3 is 4.74 Å². The van der Waals surface area contributed by atoms with Crippen LogP contribution < -0.4 is 0 Å². The zero-order chi connectivity index (χ0) is 15.4. The molecule has 0 amide bonds. The second-order valence-corrected chi connectivity index (χ2v) is 4.64. The molecule has 2 aromatic heterocycles. The van der Waals surface area contributed by atoms with Crippen molar-refractivity contribution in [3.8, 4) is 0 Å². The zero-order valence-corrected chi connectivity index (χ0v) is 13.0. The molecule has 9 heteroatoms. The molecule has 0 N–H and O–H groups in total. The third kappa shape index (κ3) is 3.05. The maximum atomic E-state index is 11.8. The number of hydrogen-bond donors (Lipinski definition) is 0. The van der Waals surface area contributed by atoms with Crippen molar-refractivity contribution in [1.82, 2.24) is 30.0 Å². The number of nitrogens with zero attached hydrogens (tertiary/aromatic N) is 6. The molecule has 0 aliphatic rings. The van der Waals surface area contributed by atoms with Gasteiger partial charge in [0.1, 0.15) is 0 Å². The molecule has 114 valence electrons. The molecule has 2 rings (SSSR count). The van der Waals surface area contributed by atoms with E-state index in [1.165, 1.54) is 4.68 Å². The van der Waals surface area contributed by atoms with Gasteiger partial charge in [0.05, 0.1) is 29.6 Å². The highest BCUT2D eigenvalue weighted by molar-refractivity contribution is 6.31. The first-order chi connectivity index (χ1) is 10.1. The van der Waals surface area contributed by atoms with E-state index < -0.39 is 5.97 Å². The molecule has 0 spiro atoms. The molecule has 0 aromatic carbocycles. The van der Waals surface area contributed by atoms with Crippen LogP contribution in [0.15, 0.2) is 0 Å². The highest BCUT2D eigenvalue weighted by atomic mass is 35.5. The van der Waals surface area contributed by atoms with Crippen molar-refractivity contribution in [2.24, 2.45) is 0 Å². The summed E-state index contributed by atoms with van der Waals surface area (Å²) in [6.45, 7) is 6.88. The largest absolute Gasteiger partial charge is 0.460 e. The van der Waals surface area contributed by atoms with E-state index in [4.69, 9.17) is 16.3 Å². The van der Waals surface area contributed by atoms with Crippen molar-refractivity contribution >= 4 is 17.6 Å². The molecule has 0 atom stereocenters. The maximum absolute atomic E-state index is 11.8. The van der Waals surface area contributed by atoms with Gasteiger partial charge in [0.25, 0.3) is 5.82 Å². The normalized spacial score (nSPS) is 10.9. The van der Waals surface area contributed by atoms with E-state index in [0.717, 1.165) is 17.8 Å². The Labute approximate surface area is 127 Å². The van der Waals surface area contributed by atoms with Gasteiger partial charge in [-0.3, -0.25) is 4.68 Å². The molecular formula is C12H17ClN6O2. The van der Waals surface area contributed by atoms with Gasteiger partial charge in [0.15, 0.2) is 0 Å². The molecule has 0 aliphatic heterocycles. The van der Waals surface area contributed by atoms with Crippen LogP contribution in [0.5, 0.6) is 0 Å². The molecule has 2 aromatic rings. The van der Waals surface area contributed by atoms with E-state index in [2.05, 4.69) is 20.6 Å². The van der Waals surface area contributed by atoms with Crippen LogP contribution in [0.3, 0.4) is 0 Å². The molecule has 21 heavy (non-hydrogen) atoms. The quantitative estimate of drug-likeness (QED) is 0.748. The lowest BCUT2D eigenvalue weighted by atomic mass is 10.3. The second-order valence-electron chi connectivity index (χ2n) is 4.26. The fourth-order valence-corrected chi connectivity index (χ4v) is 2.29. The minimum absolute atomic E-state index is 0.0508. The first-order valence-electron chi connectivity index (χ1n) is 6.79. The van der Waals surface area contributed by atoms with Crippen LogP contribution in [0.4, 0.5) is 0 Å². The molecule has 0 bridgehead atoms. The Morgan fingerprint density at radius 1 is 1.29 bits per heavy atom. The lowest BCUT2D eigenvalue weighted by Gasteiger charge is -2.06. The lowest BCUT2D eigenvalue weighted by molar-refractivity contribution is 0.0505. The van der Waals surface area contributed by atoms with Crippen LogP contribution in [-0.2, 0) is 24.2 Å². The van der Waals surface area contributed by atoms with Gasteiger partial charge in [0.2, 0.25) is 0 Å². The van der Waals surface area contributed by atoms with Crippen molar-refractivity contribution in [1.29, 1.82) is 0 Å². The van der Waals surface area contributed by atoms with Crippen molar-refractivity contribution in [3.05, 3.63) is 22.2 Å². The third-order valence-electron chi connectivity index (χ3n) is 2.98. The summed E-state index contributed by atoms with van der Waals surface area (Å²) in [7, 11) is 0. The fraction of sp³-hybridized carbons (Fsp3) is 0.583. The Morgan fingerprint density at radius 3 is 2.67 bits per heavy atom. The van der Waals surface area contributed by atoms with Crippen LogP contribution in [0.25, 0.3) is 0 Å².